The van der Waals surface area contributed by atoms with E-state index in [0.29, 0.717) is 5.69 Å². The number of carbonyl (C=O) groups is 3. The number of carbonyl (C=O) groups excluding carboxylic acids is 3. The maximum absolute atomic E-state index is 13.3. The molecule has 0 spiro atoms. The fourth-order valence-electron chi connectivity index (χ4n) is 3.77. The van der Waals surface area contributed by atoms with Crippen molar-refractivity contribution in [3.63, 3.8) is 0 Å². The molecule has 1 saturated heterocycles. The molecular formula is C20H18N6O3. The summed E-state index contributed by atoms with van der Waals surface area (Å²) in [6.07, 6.45) is 3.35. The first-order valence-electron chi connectivity index (χ1n) is 9.47. The van der Waals surface area contributed by atoms with Gasteiger partial charge in [0.05, 0.1) is 23.3 Å². The van der Waals surface area contributed by atoms with Crippen LogP contribution in [0.4, 0.5) is 0 Å². The lowest BCUT2D eigenvalue weighted by Gasteiger charge is -2.26. The summed E-state index contributed by atoms with van der Waals surface area (Å²) < 4.78 is 1.60. The number of rotatable bonds is 4. The largest absolute Gasteiger partial charge is 0.322 e. The van der Waals surface area contributed by atoms with Gasteiger partial charge in [0.2, 0.25) is 11.8 Å². The number of amides is 3. The molecule has 3 heterocycles. The molecule has 1 atom stereocenters. The van der Waals surface area contributed by atoms with Crippen molar-refractivity contribution in [3.8, 4) is 5.69 Å². The number of nitrogens with one attached hydrogen (secondary N) is 1. The van der Waals surface area contributed by atoms with Crippen molar-refractivity contribution in [1.29, 1.82) is 0 Å². The first-order chi connectivity index (χ1) is 14.0. The number of hydrogen-bond donors (Lipinski definition) is 1. The minimum absolute atomic E-state index is 0.00800. The molecule has 1 saturated carbocycles. The average molecular weight is 390 g/mol. The highest BCUT2D eigenvalue weighted by molar-refractivity contribution is 6.08. The van der Waals surface area contributed by atoms with Crippen molar-refractivity contribution in [3.05, 3.63) is 47.9 Å². The summed E-state index contributed by atoms with van der Waals surface area (Å²) >= 11 is 0. The molecule has 0 radical (unpaired) electrons. The lowest BCUT2D eigenvalue weighted by molar-refractivity contribution is -0.126. The van der Waals surface area contributed by atoms with Crippen LogP contribution in [-0.2, 0) is 9.59 Å². The van der Waals surface area contributed by atoms with E-state index in [1.54, 1.807) is 17.8 Å². The zero-order valence-corrected chi connectivity index (χ0v) is 15.7. The van der Waals surface area contributed by atoms with Gasteiger partial charge in [-0.15, -0.1) is 5.10 Å². The van der Waals surface area contributed by atoms with Gasteiger partial charge >= 0.3 is 0 Å². The second-order valence-electron chi connectivity index (χ2n) is 7.39. The van der Waals surface area contributed by atoms with Gasteiger partial charge in [0, 0.05) is 17.6 Å². The summed E-state index contributed by atoms with van der Waals surface area (Å²) in [5.41, 5.74) is 2.40. The van der Waals surface area contributed by atoms with Crippen molar-refractivity contribution in [2.45, 2.75) is 38.3 Å². The average Bonchev–Trinajstić information content (AvgIpc) is 3.39. The summed E-state index contributed by atoms with van der Waals surface area (Å²) in [6.45, 7) is 1.77. The predicted octanol–water partition coefficient (Wildman–Crippen LogP) is 1.14. The molecule has 2 aliphatic rings. The van der Waals surface area contributed by atoms with Crippen molar-refractivity contribution in [1.82, 2.24) is 30.2 Å². The summed E-state index contributed by atoms with van der Waals surface area (Å²) in [4.78, 5) is 42.8. The van der Waals surface area contributed by atoms with E-state index in [1.807, 2.05) is 30.3 Å². The zero-order chi connectivity index (χ0) is 20.1. The number of benzene rings is 1. The van der Waals surface area contributed by atoms with Crippen molar-refractivity contribution >= 4 is 28.6 Å². The van der Waals surface area contributed by atoms with Crippen LogP contribution in [0.5, 0.6) is 0 Å². The molecule has 3 amide bonds. The molecule has 29 heavy (non-hydrogen) atoms. The third-order valence-corrected chi connectivity index (χ3v) is 5.38. The van der Waals surface area contributed by atoms with Gasteiger partial charge in [0.25, 0.3) is 5.91 Å². The first kappa shape index (κ1) is 17.5. The van der Waals surface area contributed by atoms with E-state index in [9.17, 15) is 14.4 Å². The van der Waals surface area contributed by atoms with Gasteiger partial charge < -0.3 is 4.90 Å². The van der Waals surface area contributed by atoms with Crippen LogP contribution >= 0.6 is 0 Å². The van der Waals surface area contributed by atoms with Crippen LogP contribution in [-0.4, -0.2) is 54.7 Å². The molecule has 2 fully saturated rings. The number of imide groups is 1. The van der Waals surface area contributed by atoms with Crippen LogP contribution in [0.1, 0.15) is 35.4 Å². The van der Waals surface area contributed by atoms with E-state index >= 15 is 0 Å². The van der Waals surface area contributed by atoms with Gasteiger partial charge in [-0.05, 0) is 44.0 Å². The monoisotopic (exact) mass is 390 g/mol. The normalized spacial score (nSPS) is 18.9. The highest BCUT2D eigenvalue weighted by Gasteiger charge is 2.45. The highest BCUT2D eigenvalue weighted by atomic mass is 16.2. The minimum atomic E-state index is -0.779. The Labute approximate surface area is 165 Å². The molecule has 1 aliphatic heterocycles. The van der Waals surface area contributed by atoms with Crippen molar-refractivity contribution in [2.24, 2.45) is 0 Å². The van der Waals surface area contributed by atoms with E-state index in [1.165, 1.54) is 4.90 Å². The van der Waals surface area contributed by atoms with Gasteiger partial charge in [-0.2, -0.15) is 0 Å². The summed E-state index contributed by atoms with van der Waals surface area (Å²) in [6, 6.07) is 8.68. The number of pyridine rings is 1. The number of hydrogen-bond acceptors (Lipinski definition) is 6. The molecule has 2 aromatic heterocycles. The molecule has 9 heteroatoms. The summed E-state index contributed by atoms with van der Waals surface area (Å²) in [5.74, 6) is -1.15. The third-order valence-electron chi connectivity index (χ3n) is 5.38. The fraction of sp³-hybridized carbons (Fsp3) is 0.300. The van der Waals surface area contributed by atoms with Crippen LogP contribution in [0.25, 0.3) is 16.6 Å². The minimum Gasteiger partial charge on any atom is -0.322 e. The SMILES string of the molecule is Cc1c(C(=O)N(C2CC2)[C@H]2CC(=O)NC2=O)nnn1-c1ccc2ncccc2c1. The van der Waals surface area contributed by atoms with E-state index in [4.69, 9.17) is 0 Å². The number of aromatic nitrogens is 4. The summed E-state index contributed by atoms with van der Waals surface area (Å²) in [7, 11) is 0. The van der Waals surface area contributed by atoms with E-state index in [-0.39, 0.29) is 30.0 Å². The number of nitrogens with zero attached hydrogens (tertiary/aromatic N) is 5. The first-order valence-corrected chi connectivity index (χ1v) is 9.47. The number of fused-ring (bicyclic) bond motifs is 1. The second-order valence-corrected chi connectivity index (χ2v) is 7.39. The molecule has 3 aromatic rings. The van der Waals surface area contributed by atoms with Crippen LogP contribution < -0.4 is 5.32 Å². The van der Waals surface area contributed by atoms with Crippen LogP contribution in [0.2, 0.25) is 0 Å². The lowest BCUT2D eigenvalue weighted by atomic mass is 10.1. The zero-order valence-electron chi connectivity index (χ0n) is 15.7. The molecule has 1 aliphatic carbocycles. The Hall–Kier alpha value is -3.62. The van der Waals surface area contributed by atoms with Crippen molar-refractivity contribution in [2.75, 3.05) is 0 Å². The Morgan fingerprint density at radius 1 is 1.24 bits per heavy atom. The van der Waals surface area contributed by atoms with Gasteiger partial charge in [-0.25, -0.2) is 4.68 Å². The van der Waals surface area contributed by atoms with Crippen LogP contribution in [0.15, 0.2) is 36.5 Å². The standard InChI is InChI=1S/C20H18N6O3/c1-11-18(20(29)25(13-4-5-13)16-10-17(27)22-19(16)28)23-24-26(11)14-6-7-15-12(9-14)3-2-8-21-15/h2-3,6-9,13,16H,4-5,10H2,1H3,(H,22,27,28)/t16-/m0/s1. The van der Waals surface area contributed by atoms with Crippen LogP contribution in [0, 0.1) is 6.92 Å². The van der Waals surface area contributed by atoms with Gasteiger partial charge in [0.1, 0.15) is 6.04 Å². The van der Waals surface area contributed by atoms with E-state index < -0.39 is 11.9 Å². The molecular weight excluding hydrogens is 372 g/mol. The van der Waals surface area contributed by atoms with E-state index in [0.717, 1.165) is 29.4 Å². The molecule has 146 valence electrons. The maximum atomic E-state index is 13.3. The van der Waals surface area contributed by atoms with E-state index in [2.05, 4.69) is 20.6 Å². The van der Waals surface area contributed by atoms with Gasteiger partial charge in [-0.1, -0.05) is 11.3 Å². The summed E-state index contributed by atoms with van der Waals surface area (Å²) in [5, 5.41) is 11.5. The van der Waals surface area contributed by atoms with Gasteiger partial charge in [0.15, 0.2) is 5.69 Å². The molecule has 0 unspecified atom stereocenters. The molecule has 5 rings (SSSR count). The fourth-order valence-corrected chi connectivity index (χ4v) is 3.77. The lowest BCUT2D eigenvalue weighted by Crippen LogP contribution is -2.46. The second kappa shape index (κ2) is 6.47. The topological polar surface area (TPSA) is 110 Å². The molecule has 9 nitrogen and oxygen atoms in total. The third kappa shape index (κ3) is 2.95. The Morgan fingerprint density at radius 2 is 2.07 bits per heavy atom. The molecule has 1 aromatic carbocycles. The highest BCUT2D eigenvalue weighted by Crippen LogP contribution is 2.32. The predicted molar refractivity (Wildman–Crippen MR) is 102 cm³/mol. The Balaban J connectivity index is 1.50. The molecule has 0 bridgehead atoms. The smallest absolute Gasteiger partial charge is 0.277 e. The Kier molecular flexibility index (Phi) is 3.90. The van der Waals surface area contributed by atoms with Crippen LogP contribution in [0.3, 0.4) is 0 Å². The molecule has 1 N–H and O–H groups in total. The Morgan fingerprint density at radius 3 is 2.79 bits per heavy atom. The quantitative estimate of drug-likeness (QED) is 0.669. The maximum Gasteiger partial charge on any atom is 0.277 e. The Bertz CT molecular complexity index is 1170. The van der Waals surface area contributed by atoms with Crippen molar-refractivity contribution < 1.29 is 14.4 Å². The van der Waals surface area contributed by atoms with Gasteiger partial charge in [-0.3, -0.25) is 24.7 Å².